The lowest BCUT2D eigenvalue weighted by Crippen LogP contribution is -2.46. The number of nitrogens with zero attached hydrogens (tertiary/aromatic N) is 2. The lowest BCUT2D eigenvalue weighted by Gasteiger charge is -2.31. The maximum Gasteiger partial charge on any atom is 0.261 e. The van der Waals surface area contributed by atoms with E-state index in [4.69, 9.17) is 5.73 Å². The van der Waals surface area contributed by atoms with Crippen LogP contribution in [-0.4, -0.2) is 50.1 Å². The molecule has 0 aliphatic carbocycles. The second-order valence-corrected chi connectivity index (χ2v) is 3.05. The van der Waals surface area contributed by atoms with E-state index in [9.17, 15) is 8.78 Å². The summed E-state index contributed by atoms with van der Waals surface area (Å²) in [5, 5.41) is 0. The van der Waals surface area contributed by atoms with Gasteiger partial charge in [-0.3, -0.25) is 4.99 Å². The normalized spacial score (nSPS) is 17.4. The summed E-state index contributed by atoms with van der Waals surface area (Å²) in [5.74, 6) is 0.483. The summed E-state index contributed by atoms with van der Waals surface area (Å²) in [6.07, 6.45) is -1.27. The first-order chi connectivity index (χ1) is 6.70. The molecule has 0 unspecified atom stereocenters. The zero-order chi connectivity index (χ0) is 10.4. The van der Waals surface area contributed by atoms with Gasteiger partial charge in [0.05, 0.1) is 13.2 Å². The molecule has 0 aromatic rings. The predicted octanol–water partition coefficient (Wildman–Crippen LogP) is 0.288. The SMILES string of the molecule is NC(=NCCOCC(F)F)N1CCC1. The second kappa shape index (κ2) is 5.74. The van der Waals surface area contributed by atoms with E-state index in [1.165, 1.54) is 0 Å². The number of hydrogen-bond acceptors (Lipinski definition) is 2. The van der Waals surface area contributed by atoms with Crippen LogP contribution in [0.25, 0.3) is 0 Å². The molecule has 1 rings (SSSR count). The Labute approximate surface area is 81.7 Å². The first kappa shape index (κ1) is 11.2. The molecule has 82 valence electrons. The Balaban J connectivity index is 2.01. The summed E-state index contributed by atoms with van der Waals surface area (Å²) >= 11 is 0. The molecule has 1 fully saturated rings. The van der Waals surface area contributed by atoms with Crippen molar-refractivity contribution in [3.05, 3.63) is 0 Å². The molecule has 0 aromatic carbocycles. The molecule has 0 amide bonds. The minimum absolute atomic E-state index is 0.193. The number of halogens is 2. The number of hydrogen-bond donors (Lipinski definition) is 1. The monoisotopic (exact) mass is 207 g/mol. The quantitative estimate of drug-likeness (QED) is 0.400. The van der Waals surface area contributed by atoms with Gasteiger partial charge in [0.15, 0.2) is 5.96 Å². The zero-order valence-electron chi connectivity index (χ0n) is 7.96. The van der Waals surface area contributed by atoms with Gasteiger partial charge in [0.1, 0.15) is 6.61 Å². The van der Waals surface area contributed by atoms with Gasteiger partial charge in [-0.1, -0.05) is 0 Å². The molecule has 0 atom stereocenters. The molecule has 0 bridgehead atoms. The van der Waals surface area contributed by atoms with Crippen LogP contribution in [0.2, 0.25) is 0 Å². The van der Waals surface area contributed by atoms with Crippen molar-refractivity contribution in [3.63, 3.8) is 0 Å². The molecule has 0 radical (unpaired) electrons. The third-order valence-electron chi connectivity index (χ3n) is 1.93. The highest BCUT2D eigenvalue weighted by Gasteiger charge is 2.14. The fraction of sp³-hybridized carbons (Fsp3) is 0.875. The van der Waals surface area contributed by atoms with Crippen molar-refractivity contribution < 1.29 is 13.5 Å². The molecule has 0 spiro atoms. The lowest BCUT2D eigenvalue weighted by atomic mass is 10.2. The fourth-order valence-corrected chi connectivity index (χ4v) is 1.04. The lowest BCUT2D eigenvalue weighted by molar-refractivity contribution is 0.0206. The standard InChI is InChI=1S/C8H15F2N3O/c9-7(10)6-14-5-2-12-8(11)13-3-1-4-13/h7H,1-6H2,(H2,11,12). The number of alkyl halides is 2. The molecule has 4 nitrogen and oxygen atoms in total. The molecule has 1 heterocycles. The van der Waals surface area contributed by atoms with Crippen LogP contribution in [0.1, 0.15) is 6.42 Å². The van der Waals surface area contributed by atoms with E-state index in [1.54, 1.807) is 0 Å². The maximum atomic E-state index is 11.6. The first-order valence-corrected chi connectivity index (χ1v) is 4.61. The Hall–Kier alpha value is -0.910. The van der Waals surface area contributed by atoms with E-state index in [0.29, 0.717) is 12.5 Å². The van der Waals surface area contributed by atoms with Crippen LogP contribution in [0.3, 0.4) is 0 Å². The van der Waals surface area contributed by atoms with E-state index in [1.807, 2.05) is 4.90 Å². The largest absolute Gasteiger partial charge is 0.374 e. The highest BCUT2D eigenvalue weighted by molar-refractivity contribution is 5.78. The summed E-state index contributed by atoms with van der Waals surface area (Å²) in [4.78, 5) is 5.93. The average molecular weight is 207 g/mol. The van der Waals surface area contributed by atoms with Crippen molar-refractivity contribution in [1.29, 1.82) is 0 Å². The number of ether oxygens (including phenoxy) is 1. The predicted molar refractivity (Wildman–Crippen MR) is 49.5 cm³/mol. The topological polar surface area (TPSA) is 50.9 Å². The maximum absolute atomic E-state index is 11.6. The average Bonchev–Trinajstić information content (AvgIpc) is 1.99. The number of guanidine groups is 1. The Morgan fingerprint density at radius 3 is 2.71 bits per heavy atom. The Bertz CT molecular complexity index is 195. The van der Waals surface area contributed by atoms with Gasteiger partial charge in [0.25, 0.3) is 6.43 Å². The van der Waals surface area contributed by atoms with Crippen molar-refractivity contribution in [2.45, 2.75) is 12.8 Å². The van der Waals surface area contributed by atoms with Crippen LogP contribution >= 0.6 is 0 Å². The van der Waals surface area contributed by atoms with Gasteiger partial charge in [0, 0.05) is 13.1 Å². The van der Waals surface area contributed by atoms with Gasteiger partial charge in [-0.2, -0.15) is 0 Å². The van der Waals surface area contributed by atoms with Crippen LogP contribution in [-0.2, 0) is 4.74 Å². The highest BCUT2D eigenvalue weighted by atomic mass is 19.3. The van der Waals surface area contributed by atoms with Crippen molar-refractivity contribution in [2.75, 3.05) is 32.8 Å². The van der Waals surface area contributed by atoms with E-state index in [-0.39, 0.29) is 6.61 Å². The molecular weight excluding hydrogens is 192 g/mol. The molecule has 1 aliphatic rings. The van der Waals surface area contributed by atoms with Crippen molar-refractivity contribution in [3.8, 4) is 0 Å². The first-order valence-electron chi connectivity index (χ1n) is 4.61. The summed E-state index contributed by atoms with van der Waals surface area (Å²) in [7, 11) is 0. The third-order valence-corrected chi connectivity index (χ3v) is 1.93. The summed E-state index contributed by atoms with van der Waals surface area (Å²) in [6.45, 7) is 1.88. The minimum Gasteiger partial charge on any atom is -0.374 e. The van der Waals surface area contributed by atoms with Crippen molar-refractivity contribution in [2.24, 2.45) is 10.7 Å². The van der Waals surface area contributed by atoms with Gasteiger partial charge in [0.2, 0.25) is 0 Å². The summed E-state index contributed by atoms with van der Waals surface area (Å²) in [5.41, 5.74) is 5.59. The molecule has 14 heavy (non-hydrogen) atoms. The third kappa shape index (κ3) is 3.87. The van der Waals surface area contributed by atoms with E-state index in [0.717, 1.165) is 19.5 Å². The smallest absolute Gasteiger partial charge is 0.261 e. The molecule has 2 N–H and O–H groups in total. The summed E-state index contributed by atoms with van der Waals surface area (Å²) in [6, 6.07) is 0. The van der Waals surface area contributed by atoms with Crippen LogP contribution in [0.4, 0.5) is 8.78 Å². The zero-order valence-corrected chi connectivity index (χ0v) is 7.96. The van der Waals surface area contributed by atoms with Crippen molar-refractivity contribution >= 4 is 5.96 Å². The van der Waals surface area contributed by atoms with Gasteiger partial charge in [-0.15, -0.1) is 0 Å². The van der Waals surface area contributed by atoms with Crippen LogP contribution in [0, 0.1) is 0 Å². The fourth-order valence-electron chi connectivity index (χ4n) is 1.04. The Kier molecular flexibility index (Phi) is 4.58. The molecule has 0 saturated carbocycles. The molecule has 1 saturated heterocycles. The highest BCUT2D eigenvalue weighted by Crippen LogP contribution is 2.03. The number of likely N-dealkylation sites (tertiary alicyclic amines) is 1. The van der Waals surface area contributed by atoms with E-state index >= 15 is 0 Å². The summed E-state index contributed by atoms with van der Waals surface area (Å²) < 4.78 is 27.9. The minimum atomic E-state index is -2.41. The van der Waals surface area contributed by atoms with Crippen LogP contribution in [0.5, 0.6) is 0 Å². The number of aliphatic imine (C=N–C) groups is 1. The van der Waals surface area contributed by atoms with Crippen LogP contribution < -0.4 is 5.73 Å². The van der Waals surface area contributed by atoms with Gasteiger partial charge >= 0.3 is 0 Å². The number of nitrogens with two attached hydrogens (primary N) is 1. The van der Waals surface area contributed by atoms with Crippen molar-refractivity contribution in [1.82, 2.24) is 4.90 Å². The van der Waals surface area contributed by atoms with Gasteiger partial charge < -0.3 is 15.4 Å². The van der Waals surface area contributed by atoms with Gasteiger partial charge in [-0.25, -0.2) is 8.78 Å². The molecule has 0 aromatic heterocycles. The second-order valence-electron chi connectivity index (χ2n) is 3.05. The molecule has 1 aliphatic heterocycles. The molecular formula is C8H15F2N3O. The molecule has 6 heteroatoms. The Morgan fingerprint density at radius 1 is 1.50 bits per heavy atom. The van der Waals surface area contributed by atoms with E-state index < -0.39 is 13.0 Å². The van der Waals surface area contributed by atoms with E-state index in [2.05, 4.69) is 9.73 Å². The number of rotatable bonds is 5. The Morgan fingerprint density at radius 2 is 2.21 bits per heavy atom. The van der Waals surface area contributed by atoms with Gasteiger partial charge in [-0.05, 0) is 6.42 Å². The van der Waals surface area contributed by atoms with Crippen LogP contribution in [0.15, 0.2) is 4.99 Å².